The van der Waals surface area contributed by atoms with Crippen molar-refractivity contribution in [1.82, 2.24) is 19.9 Å². The Morgan fingerprint density at radius 3 is 2.62 bits per heavy atom. The number of anilines is 1. The Labute approximate surface area is 137 Å². The van der Waals surface area contributed by atoms with Gasteiger partial charge in [-0.15, -0.1) is 0 Å². The number of hydrogen-bond donors (Lipinski definition) is 1. The van der Waals surface area contributed by atoms with Crippen molar-refractivity contribution in [3.63, 3.8) is 0 Å². The van der Waals surface area contributed by atoms with Gasteiger partial charge in [-0.05, 0) is 37.6 Å². The first-order valence-electron chi connectivity index (χ1n) is 7.33. The van der Waals surface area contributed by atoms with Gasteiger partial charge < -0.3 is 5.32 Å². The summed E-state index contributed by atoms with van der Waals surface area (Å²) in [7, 11) is 0. The summed E-state index contributed by atoms with van der Waals surface area (Å²) in [5.41, 5.74) is 2.54. The third-order valence-electron chi connectivity index (χ3n) is 3.49. The van der Waals surface area contributed by atoms with Crippen LogP contribution in [0.3, 0.4) is 0 Å². The minimum atomic E-state index is -0.519. The van der Waals surface area contributed by atoms with Gasteiger partial charge >= 0.3 is 0 Å². The molecule has 0 bridgehead atoms. The fourth-order valence-corrected chi connectivity index (χ4v) is 2.25. The molecule has 3 heterocycles. The molecular weight excluding hydrogens is 312 g/mol. The maximum absolute atomic E-state index is 14.3. The van der Waals surface area contributed by atoms with E-state index < -0.39 is 11.6 Å². The van der Waals surface area contributed by atoms with Crippen LogP contribution >= 0.6 is 0 Å². The van der Waals surface area contributed by atoms with Crippen molar-refractivity contribution >= 4 is 5.82 Å². The third kappa shape index (κ3) is 3.34. The highest BCUT2D eigenvalue weighted by atomic mass is 19.1. The molecule has 3 rings (SSSR count). The van der Waals surface area contributed by atoms with Crippen molar-refractivity contribution in [2.45, 2.75) is 20.4 Å². The Kier molecular flexibility index (Phi) is 4.41. The summed E-state index contributed by atoms with van der Waals surface area (Å²) < 4.78 is 28.2. The molecule has 3 aromatic rings. The molecule has 5 nitrogen and oxygen atoms in total. The lowest BCUT2D eigenvalue weighted by molar-refractivity contribution is 0.604. The summed E-state index contributed by atoms with van der Waals surface area (Å²) in [5.74, 6) is -0.884. The first-order valence-corrected chi connectivity index (χ1v) is 7.33. The Morgan fingerprint density at radius 2 is 1.88 bits per heavy atom. The van der Waals surface area contributed by atoms with E-state index in [-0.39, 0.29) is 23.8 Å². The maximum Gasteiger partial charge on any atom is 0.186 e. The van der Waals surface area contributed by atoms with Crippen LogP contribution in [0.25, 0.3) is 11.3 Å². The Bertz CT molecular complexity index is 883. The third-order valence-corrected chi connectivity index (χ3v) is 3.49. The Morgan fingerprint density at radius 1 is 1.04 bits per heavy atom. The molecule has 0 aliphatic rings. The van der Waals surface area contributed by atoms with Crippen molar-refractivity contribution in [3.8, 4) is 11.3 Å². The molecule has 0 radical (unpaired) electrons. The fourth-order valence-electron chi connectivity index (χ4n) is 2.25. The van der Waals surface area contributed by atoms with Crippen LogP contribution in [0, 0.1) is 25.5 Å². The number of nitrogens with one attached hydrogen (secondary N) is 1. The van der Waals surface area contributed by atoms with E-state index in [9.17, 15) is 8.78 Å². The highest BCUT2D eigenvalue weighted by Gasteiger charge is 2.10. The van der Waals surface area contributed by atoms with Gasteiger partial charge in [-0.2, -0.15) is 0 Å². The van der Waals surface area contributed by atoms with Crippen LogP contribution in [0.5, 0.6) is 0 Å². The quantitative estimate of drug-likeness (QED) is 0.795. The lowest BCUT2D eigenvalue weighted by atomic mass is 10.1. The largest absolute Gasteiger partial charge is 0.363 e. The molecule has 0 aliphatic heterocycles. The smallest absolute Gasteiger partial charge is 0.186 e. The van der Waals surface area contributed by atoms with Crippen LogP contribution in [-0.2, 0) is 6.54 Å². The van der Waals surface area contributed by atoms with Crippen LogP contribution < -0.4 is 5.32 Å². The van der Waals surface area contributed by atoms with E-state index in [1.54, 1.807) is 31.5 Å². The van der Waals surface area contributed by atoms with Gasteiger partial charge in [0.15, 0.2) is 11.6 Å². The Hall–Kier alpha value is -2.96. The second-order valence-corrected chi connectivity index (χ2v) is 5.34. The second kappa shape index (κ2) is 6.66. The lowest BCUT2D eigenvalue weighted by Crippen LogP contribution is -2.06. The van der Waals surface area contributed by atoms with Gasteiger partial charge in [0, 0.05) is 30.2 Å². The zero-order valence-corrected chi connectivity index (χ0v) is 13.2. The first-order chi connectivity index (χ1) is 11.5. The molecular formula is C17H15F2N5. The summed E-state index contributed by atoms with van der Waals surface area (Å²) in [6.45, 7) is 3.58. The Balaban J connectivity index is 1.79. The van der Waals surface area contributed by atoms with Gasteiger partial charge in [-0.3, -0.25) is 9.97 Å². The molecule has 7 heteroatoms. The minimum Gasteiger partial charge on any atom is -0.363 e. The molecule has 0 amide bonds. The fraction of sp³-hybridized carbons (Fsp3) is 0.176. The van der Waals surface area contributed by atoms with Crippen LogP contribution in [0.2, 0.25) is 0 Å². The summed E-state index contributed by atoms with van der Waals surface area (Å²) >= 11 is 0. The summed E-state index contributed by atoms with van der Waals surface area (Å²) in [6, 6.07) is 4.84. The van der Waals surface area contributed by atoms with E-state index in [4.69, 9.17) is 0 Å². The number of pyridine rings is 2. The van der Waals surface area contributed by atoms with Crippen LogP contribution in [0.1, 0.15) is 17.0 Å². The van der Waals surface area contributed by atoms with E-state index in [1.165, 1.54) is 12.4 Å². The van der Waals surface area contributed by atoms with Crippen molar-refractivity contribution in [1.29, 1.82) is 0 Å². The summed E-state index contributed by atoms with van der Waals surface area (Å²) in [6.07, 6.45) is 4.43. The monoisotopic (exact) mass is 327 g/mol. The number of nitrogens with zero attached hydrogens (tertiary/aromatic N) is 4. The maximum atomic E-state index is 14.3. The topological polar surface area (TPSA) is 63.6 Å². The molecule has 3 aromatic heterocycles. The standard InChI is InChI=1S/C17H15F2N5/c1-10-5-13(3-4-20-10)16-14(18)6-12(7-21-16)8-22-17-15(19)11(2)23-9-24-17/h3-7,9H,8H2,1-2H3,(H,22,23,24). The lowest BCUT2D eigenvalue weighted by Gasteiger charge is -2.09. The van der Waals surface area contributed by atoms with E-state index in [0.717, 1.165) is 5.69 Å². The normalized spacial score (nSPS) is 10.7. The molecule has 24 heavy (non-hydrogen) atoms. The highest BCUT2D eigenvalue weighted by Crippen LogP contribution is 2.21. The second-order valence-electron chi connectivity index (χ2n) is 5.34. The number of halogens is 2. The highest BCUT2D eigenvalue weighted by molar-refractivity contribution is 5.59. The average molecular weight is 327 g/mol. The van der Waals surface area contributed by atoms with Gasteiger partial charge in [0.2, 0.25) is 0 Å². The number of hydrogen-bond acceptors (Lipinski definition) is 5. The summed E-state index contributed by atoms with van der Waals surface area (Å²) in [5, 5.41) is 2.82. The van der Waals surface area contributed by atoms with Crippen molar-refractivity contribution in [2.24, 2.45) is 0 Å². The zero-order valence-electron chi connectivity index (χ0n) is 13.2. The van der Waals surface area contributed by atoms with Crippen LogP contribution in [-0.4, -0.2) is 19.9 Å². The SMILES string of the molecule is Cc1cc(-c2ncc(CNc3ncnc(C)c3F)cc2F)ccn1. The molecule has 122 valence electrons. The summed E-state index contributed by atoms with van der Waals surface area (Å²) in [4.78, 5) is 15.8. The van der Waals surface area contributed by atoms with E-state index >= 15 is 0 Å². The number of aryl methyl sites for hydroxylation is 2. The zero-order chi connectivity index (χ0) is 17.1. The van der Waals surface area contributed by atoms with Crippen LogP contribution in [0.4, 0.5) is 14.6 Å². The van der Waals surface area contributed by atoms with Gasteiger partial charge in [0.1, 0.15) is 17.8 Å². The molecule has 1 N–H and O–H groups in total. The average Bonchev–Trinajstić information content (AvgIpc) is 2.56. The predicted octanol–water partition coefficient (Wildman–Crippen LogP) is 3.44. The van der Waals surface area contributed by atoms with Crippen molar-refractivity contribution in [2.75, 3.05) is 5.32 Å². The van der Waals surface area contributed by atoms with E-state index in [0.29, 0.717) is 11.1 Å². The number of rotatable bonds is 4. The molecule has 0 unspecified atom stereocenters. The molecule has 0 fully saturated rings. The van der Waals surface area contributed by atoms with Crippen molar-refractivity contribution < 1.29 is 8.78 Å². The van der Waals surface area contributed by atoms with E-state index in [2.05, 4.69) is 25.3 Å². The van der Waals surface area contributed by atoms with Crippen molar-refractivity contribution in [3.05, 3.63) is 65.5 Å². The molecule has 0 saturated heterocycles. The molecule has 0 aromatic carbocycles. The minimum absolute atomic E-state index is 0.0803. The molecule has 0 atom stereocenters. The molecule has 0 spiro atoms. The van der Waals surface area contributed by atoms with Gasteiger partial charge in [0.25, 0.3) is 0 Å². The van der Waals surface area contributed by atoms with Crippen LogP contribution in [0.15, 0.2) is 36.9 Å². The predicted molar refractivity (Wildman–Crippen MR) is 86.2 cm³/mol. The first kappa shape index (κ1) is 15.9. The molecule has 0 aliphatic carbocycles. The van der Waals surface area contributed by atoms with Gasteiger partial charge in [-0.25, -0.2) is 18.7 Å². The molecule has 0 saturated carbocycles. The number of aromatic nitrogens is 4. The van der Waals surface area contributed by atoms with E-state index in [1.807, 2.05) is 6.92 Å². The van der Waals surface area contributed by atoms with Gasteiger partial charge in [0.05, 0.1) is 5.69 Å². The van der Waals surface area contributed by atoms with Gasteiger partial charge in [-0.1, -0.05) is 0 Å².